The van der Waals surface area contributed by atoms with Gasteiger partial charge in [0.15, 0.2) is 5.65 Å². The first kappa shape index (κ1) is 21.2. The van der Waals surface area contributed by atoms with Crippen molar-refractivity contribution in [3.05, 3.63) is 51.4 Å². The van der Waals surface area contributed by atoms with Crippen molar-refractivity contribution in [2.75, 3.05) is 6.61 Å². The van der Waals surface area contributed by atoms with Crippen LogP contribution in [-0.2, 0) is 11.5 Å². The minimum Gasteiger partial charge on any atom is -0.438 e. The SMILES string of the molecule is Cc1cn(COCC[Si](C)(C)C)c2nc(Cl)nc(Oc3cccc([N+](=O)[O-])c3)c12. The fraction of sp³-hybridized carbons (Fsp3) is 0.368. The smallest absolute Gasteiger partial charge is 0.273 e. The number of fused-ring (bicyclic) bond motifs is 1. The minimum atomic E-state index is -1.17. The fourth-order valence-electron chi connectivity index (χ4n) is 2.80. The van der Waals surface area contributed by atoms with Gasteiger partial charge in [0.25, 0.3) is 5.69 Å². The lowest BCUT2D eigenvalue weighted by atomic mass is 10.2. The van der Waals surface area contributed by atoms with Crippen LogP contribution < -0.4 is 4.74 Å². The summed E-state index contributed by atoms with van der Waals surface area (Å²) < 4.78 is 13.5. The second-order valence-electron chi connectivity index (χ2n) is 7.98. The number of hydrogen-bond acceptors (Lipinski definition) is 6. The van der Waals surface area contributed by atoms with Gasteiger partial charge < -0.3 is 14.0 Å². The van der Waals surface area contributed by atoms with Gasteiger partial charge in [0.2, 0.25) is 11.2 Å². The summed E-state index contributed by atoms with van der Waals surface area (Å²) >= 11 is 6.12. The Balaban J connectivity index is 1.88. The van der Waals surface area contributed by atoms with Crippen LogP contribution in [0.3, 0.4) is 0 Å². The number of rotatable bonds is 8. The Bertz CT molecular complexity index is 1050. The van der Waals surface area contributed by atoms with E-state index in [-0.39, 0.29) is 16.9 Å². The first-order chi connectivity index (χ1) is 13.6. The van der Waals surface area contributed by atoms with Gasteiger partial charge >= 0.3 is 0 Å². The van der Waals surface area contributed by atoms with Gasteiger partial charge in [0, 0.05) is 26.9 Å². The number of aromatic nitrogens is 3. The number of aryl methyl sites for hydroxylation is 1. The summed E-state index contributed by atoms with van der Waals surface area (Å²) in [5, 5.41) is 11.7. The summed E-state index contributed by atoms with van der Waals surface area (Å²) in [4.78, 5) is 19.0. The van der Waals surface area contributed by atoms with E-state index in [0.29, 0.717) is 30.1 Å². The molecule has 0 saturated heterocycles. The van der Waals surface area contributed by atoms with Gasteiger partial charge in [0.05, 0.1) is 16.4 Å². The van der Waals surface area contributed by atoms with E-state index in [2.05, 4.69) is 29.6 Å². The Morgan fingerprint density at radius 3 is 2.72 bits per heavy atom. The predicted octanol–water partition coefficient (Wildman–Crippen LogP) is 5.41. The largest absolute Gasteiger partial charge is 0.438 e. The molecule has 1 aromatic carbocycles. The van der Waals surface area contributed by atoms with Crippen molar-refractivity contribution in [1.82, 2.24) is 14.5 Å². The molecule has 3 rings (SSSR count). The number of benzene rings is 1. The molecule has 154 valence electrons. The quantitative estimate of drug-likeness (QED) is 0.155. The number of halogens is 1. The Labute approximate surface area is 174 Å². The van der Waals surface area contributed by atoms with E-state index < -0.39 is 13.0 Å². The number of hydrogen-bond donors (Lipinski definition) is 0. The number of nitrogens with zero attached hydrogens (tertiary/aromatic N) is 4. The number of nitro benzene ring substituents is 1. The van der Waals surface area contributed by atoms with Crippen molar-refractivity contribution >= 4 is 36.4 Å². The third-order valence-corrected chi connectivity index (χ3v) is 6.19. The molecule has 8 nitrogen and oxygen atoms in total. The van der Waals surface area contributed by atoms with Crippen molar-refractivity contribution in [1.29, 1.82) is 0 Å². The van der Waals surface area contributed by atoms with Crippen LogP contribution in [0.4, 0.5) is 5.69 Å². The molecular formula is C19H23ClN4O4Si. The van der Waals surface area contributed by atoms with Crippen molar-refractivity contribution in [3.8, 4) is 11.6 Å². The molecule has 0 fully saturated rings. The number of nitro groups is 1. The third-order valence-electron chi connectivity index (χ3n) is 4.32. The zero-order chi connectivity index (χ0) is 21.2. The normalized spacial score (nSPS) is 11.8. The Morgan fingerprint density at radius 1 is 1.28 bits per heavy atom. The lowest BCUT2D eigenvalue weighted by Gasteiger charge is -2.15. The van der Waals surface area contributed by atoms with Crippen LogP contribution in [0.25, 0.3) is 11.0 Å². The van der Waals surface area contributed by atoms with Crippen LogP contribution in [0.1, 0.15) is 5.56 Å². The van der Waals surface area contributed by atoms with E-state index in [0.717, 1.165) is 11.6 Å². The van der Waals surface area contributed by atoms with Gasteiger partial charge in [-0.15, -0.1) is 0 Å². The second kappa shape index (κ2) is 8.48. The zero-order valence-electron chi connectivity index (χ0n) is 16.8. The zero-order valence-corrected chi connectivity index (χ0v) is 18.6. The van der Waals surface area contributed by atoms with Crippen LogP contribution in [-0.4, -0.2) is 34.1 Å². The Morgan fingerprint density at radius 2 is 2.03 bits per heavy atom. The monoisotopic (exact) mass is 434 g/mol. The number of non-ortho nitro benzene ring substituents is 1. The highest BCUT2D eigenvalue weighted by Gasteiger charge is 2.18. The van der Waals surface area contributed by atoms with Crippen molar-refractivity contribution < 1.29 is 14.4 Å². The molecule has 0 amide bonds. The molecule has 2 aromatic heterocycles. The van der Waals surface area contributed by atoms with Crippen LogP contribution in [0, 0.1) is 17.0 Å². The molecule has 0 radical (unpaired) electrons. The predicted molar refractivity (Wildman–Crippen MR) is 115 cm³/mol. The summed E-state index contributed by atoms with van der Waals surface area (Å²) in [5.74, 6) is 0.549. The molecule has 10 heteroatoms. The van der Waals surface area contributed by atoms with Crippen LogP contribution >= 0.6 is 11.6 Å². The maximum Gasteiger partial charge on any atom is 0.273 e. The van der Waals surface area contributed by atoms with E-state index in [4.69, 9.17) is 21.1 Å². The third kappa shape index (κ3) is 5.31. The molecule has 0 aliphatic heterocycles. The molecular weight excluding hydrogens is 412 g/mol. The van der Waals surface area contributed by atoms with Crippen LogP contribution in [0.15, 0.2) is 30.5 Å². The molecule has 0 saturated carbocycles. The lowest BCUT2D eigenvalue weighted by Crippen LogP contribution is -2.22. The standard InChI is InChI=1S/C19H23ClN4O4Si/c1-13-11-23(12-27-8-9-29(2,3)4)17-16(13)18(22-19(20)21-17)28-15-7-5-6-14(10-15)24(25)26/h5-7,10-11H,8-9,12H2,1-4H3. The molecule has 2 heterocycles. The van der Waals surface area contributed by atoms with Gasteiger partial charge in [-0.3, -0.25) is 10.1 Å². The highest BCUT2D eigenvalue weighted by Crippen LogP contribution is 2.33. The molecule has 0 aliphatic rings. The van der Waals surface area contributed by atoms with Gasteiger partial charge in [-0.05, 0) is 36.2 Å². The number of ether oxygens (including phenoxy) is 2. The Hall–Kier alpha value is -2.49. The molecule has 3 aromatic rings. The van der Waals surface area contributed by atoms with E-state index >= 15 is 0 Å². The molecule has 0 aliphatic carbocycles. The maximum atomic E-state index is 11.0. The van der Waals surface area contributed by atoms with E-state index in [1.807, 2.05) is 17.7 Å². The van der Waals surface area contributed by atoms with Crippen molar-refractivity contribution in [3.63, 3.8) is 0 Å². The second-order valence-corrected chi connectivity index (χ2v) is 13.9. The van der Waals surface area contributed by atoms with Crippen LogP contribution in [0.2, 0.25) is 31.0 Å². The van der Waals surface area contributed by atoms with Gasteiger partial charge in [-0.25, -0.2) is 0 Å². The van der Waals surface area contributed by atoms with Crippen LogP contribution in [0.5, 0.6) is 11.6 Å². The first-order valence-corrected chi connectivity index (χ1v) is 13.3. The first-order valence-electron chi connectivity index (χ1n) is 9.17. The molecule has 0 N–H and O–H groups in total. The molecule has 0 atom stereocenters. The topological polar surface area (TPSA) is 92.3 Å². The van der Waals surface area contributed by atoms with E-state index in [1.54, 1.807) is 12.1 Å². The van der Waals surface area contributed by atoms with E-state index in [1.165, 1.54) is 12.1 Å². The average molecular weight is 435 g/mol. The van der Waals surface area contributed by atoms with Gasteiger partial charge in [-0.1, -0.05) is 25.7 Å². The highest BCUT2D eigenvalue weighted by atomic mass is 35.5. The molecule has 29 heavy (non-hydrogen) atoms. The fourth-order valence-corrected chi connectivity index (χ4v) is 3.72. The summed E-state index contributed by atoms with van der Waals surface area (Å²) in [6.45, 7) is 9.85. The summed E-state index contributed by atoms with van der Waals surface area (Å²) in [5.41, 5.74) is 1.42. The molecule has 0 unspecified atom stereocenters. The maximum absolute atomic E-state index is 11.0. The highest BCUT2D eigenvalue weighted by molar-refractivity contribution is 6.76. The van der Waals surface area contributed by atoms with Gasteiger partial charge in [-0.2, -0.15) is 9.97 Å². The van der Waals surface area contributed by atoms with E-state index in [9.17, 15) is 10.1 Å². The minimum absolute atomic E-state index is 0.0272. The molecule has 0 spiro atoms. The van der Waals surface area contributed by atoms with Crippen molar-refractivity contribution in [2.45, 2.75) is 39.3 Å². The summed E-state index contributed by atoms with van der Waals surface area (Å²) in [6.07, 6.45) is 1.91. The van der Waals surface area contributed by atoms with Gasteiger partial charge in [0.1, 0.15) is 12.5 Å². The summed E-state index contributed by atoms with van der Waals surface area (Å²) in [6, 6.07) is 6.99. The molecule has 0 bridgehead atoms. The van der Waals surface area contributed by atoms with Crippen molar-refractivity contribution in [2.24, 2.45) is 0 Å². The lowest BCUT2D eigenvalue weighted by molar-refractivity contribution is -0.384. The summed E-state index contributed by atoms with van der Waals surface area (Å²) in [7, 11) is -1.17. The Kier molecular flexibility index (Phi) is 6.20. The average Bonchev–Trinajstić information content (AvgIpc) is 2.94.